The van der Waals surface area contributed by atoms with E-state index >= 15 is 0 Å². The maximum Gasteiger partial charge on any atom is 0.261 e. The Hall–Kier alpha value is -2.34. The van der Waals surface area contributed by atoms with E-state index in [2.05, 4.69) is 18.6 Å². The molecule has 5 nitrogen and oxygen atoms in total. The number of aryl methyl sites for hydroxylation is 1. The van der Waals surface area contributed by atoms with E-state index in [1.807, 2.05) is 24.0 Å². The molecule has 6 heteroatoms. The number of likely N-dealkylation sites (tertiary alicyclic amines) is 1. The Bertz CT molecular complexity index is 895. The quantitative estimate of drug-likeness (QED) is 0.866. The molecule has 3 rings (SSSR count). The van der Waals surface area contributed by atoms with Gasteiger partial charge in [0.25, 0.3) is 15.9 Å². The number of nitrogens with one attached hydrogen (secondary N) is 1. The first-order valence-corrected chi connectivity index (χ1v) is 10.7. The molecule has 2 atom stereocenters. The van der Waals surface area contributed by atoms with Gasteiger partial charge in [0.05, 0.1) is 4.90 Å². The van der Waals surface area contributed by atoms with E-state index in [9.17, 15) is 13.2 Å². The van der Waals surface area contributed by atoms with Crippen molar-refractivity contribution in [2.45, 2.75) is 32.1 Å². The molecule has 0 aliphatic carbocycles. The van der Waals surface area contributed by atoms with Gasteiger partial charge in [0.15, 0.2) is 0 Å². The molecule has 0 radical (unpaired) electrons. The number of piperidine rings is 1. The van der Waals surface area contributed by atoms with Gasteiger partial charge in [-0.1, -0.05) is 31.5 Å². The summed E-state index contributed by atoms with van der Waals surface area (Å²) in [5.74, 6) is 0.927. The molecule has 1 N–H and O–H groups in total. The van der Waals surface area contributed by atoms with E-state index in [-0.39, 0.29) is 10.8 Å². The van der Waals surface area contributed by atoms with Crippen LogP contribution in [0.15, 0.2) is 53.4 Å². The zero-order valence-electron chi connectivity index (χ0n) is 16.0. The molecular weight excluding hydrogens is 360 g/mol. The number of hydrogen-bond acceptors (Lipinski definition) is 3. The summed E-state index contributed by atoms with van der Waals surface area (Å²) in [6, 6.07) is 13.3. The molecule has 2 aromatic rings. The fourth-order valence-electron chi connectivity index (χ4n) is 3.62. The molecule has 2 aromatic carbocycles. The normalized spacial score (nSPS) is 20.3. The lowest BCUT2D eigenvalue weighted by molar-refractivity contribution is 0.0623. The van der Waals surface area contributed by atoms with Crippen molar-refractivity contribution < 1.29 is 13.2 Å². The minimum Gasteiger partial charge on any atom is -0.338 e. The van der Waals surface area contributed by atoms with E-state index in [4.69, 9.17) is 0 Å². The molecule has 0 unspecified atom stereocenters. The van der Waals surface area contributed by atoms with Crippen LogP contribution in [-0.4, -0.2) is 32.3 Å². The molecule has 1 amide bonds. The lowest BCUT2D eigenvalue weighted by Gasteiger charge is -2.35. The predicted molar refractivity (Wildman–Crippen MR) is 107 cm³/mol. The first-order chi connectivity index (χ1) is 12.7. The molecule has 1 fully saturated rings. The molecular formula is C21H26N2O3S. The van der Waals surface area contributed by atoms with Gasteiger partial charge in [-0.15, -0.1) is 0 Å². The Morgan fingerprint density at radius 2 is 1.52 bits per heavy atom. The first kappa shape index (κ1) is 19.4. The number of sulfonamides is 1. The van der Waals surface area contributed by atoms with Crippen LogP contribution in [0.3, 0.4) is 0 Å². The van der Waals surface area contributed by atoms with Crippen LogP contribution in [0.1, 0.15) is 36.2 Å². The van der Waals surface area contributed by atoms with E-state index in [1.54, 1.807) is 24.3 Å². The van der Waals surface area contributed by atoms with Gasteiger partial charge in [-0.05, 0) is 61.6 Å². The average molecular weight is 387 g/mol. The summed E-state index contributed by atoms with van der Waals surface area (Å²) in [5, 5.41) is 0. The summed E-state index contributed by atoms with van der Waals surface area (Å²) in [6.45, 7) is 7.75. The number of nitrogens with zero attached hydrogens (tertiary/aromatic N) is 1. The van der Waals surface area contributed by atoms with Crippen molar-refractivity contribution in [2.75, 3.05) is 17.8 Å². The number of hydrogen-bond donors (Lipinski definition) is 1. The largest absolute Gasteiger partial charge is 0.338 e. The van der Waals surface area contributed by atoms with Gasteiger partial charge in [-0.25, -0.2) is 8.42 Å². The number of carbonyl (C=O) groups excluding carboxylic acids is 1. The fourth-order valence-corrected chi connectivity index (χ4v) is 4.68. The SMILES string of the molecule is Cc1ccc(NS(=O)(=O)c2ccc(C(=O)N3C[C@@H](C)C[C@H](C)C3)cc2)cc1. The summed E-state index contributed by atoms with van der Waals surface area (Å²) < 4.78 is 27.7. The monoisotopic (exact) mass is 386 g/mol. The third kappa shape index (κ3) is 4.69. The second kappa shape index (κ2) is 7.72. The molecule has 1 aliphatic heterocycles. The van der Waals surface area contributed by atoms with Gasteiger partial charge in [0.1, 0.15) is 0 Å². The van der Waals surface area contributed by atoms with Crippen molar-refractivity contribution in [3.63, 3.8) is 0 Å². The Morgan fingerprint density at radius 3 is 2.07 bits per heavy atom. The van der Waals surface area contributed by atoms with Crippen molar-refractivity contribution in [3.8, 4) is 0 Å². The van der Waals surface area contributed by atoms with Gasteiger partial charge in [0, 0.05) is 24.3 Å². The number of amides is 1. The molecule has 0 bridgehead atoms. The van der Waals surface area contributed by atoms with Crippen molar-refractivity contribution in [1.29, 1.82) is 0 Å². The van der Waals surface area contributed by atoms with Crippen LogP contribution in [-0.2, 0) is 10.0 Å². The zero-order chi connectivity index (χ0) is 19.6. The van der Waals surface area contributed by atoms with E-state index < -0.39 is 10.0 Å². The van der Waals surface area contributed by atoms with Crippen molar-refractivity contribution in [3.05, 3.63) is 59.7 Å². The highest BCUT2D eigenvalue weighted by Gasteiger charge is 2.26. The van der Waals surface area contributed by atoms with Crippen LogP contribution in [0.2, 0.25) is 0 Å². The summed E-state index contributed by atoms with van der Waals surface area (Å²) in [4.78, 5) is 14.7. The van der Waals surface area contributed by atoms with Crippen LogP contribution in [0.5, 0.6) is 0 Å². The summed E-state index contributed by atoms with van der Waals surface area (Å²) in [6.07, 6.45) is 1.13. The Labute approximate surface area is 161 Å². The van der Waals surface area contributed by atoms with Crippen LogP contribution in [0.25, 0.3) is 0 Å². The second-order valence-corrected chi connectivity index (χ2v) is 9.33. The maximum absolute atomic E-state index is 12.7. The van der Waals surface area contributed by atoms with Gasteiger partial charge < -0.3 is 4.90 Å². The Morgan fingerprint density at radius 1 is 0.963 bits per heavy atom. The number of carbonyl (C=O) groups is 1. The first-order valence-electron chi connectivity index (χ1n) is 9.23. The molecule has 27 heavy (non-hydrogen) atoms. The van der Waals surface area contributed by atoms with Crippen LogP contribution < -0.4 is 4.72 Å². The van der Waals surface area contributed by atoms with E-state index in [1.165, 1.54) is 12.1 Å². The minimum atomic E-state index is -3.69. The molecule has 0 saturated carbocycles. The molecule has 1 aliphatic rings. The fraction of sp³-hybridized carbons (Fsp3) is 0.381. The van der Waals surface area contributed by atoms with Gasteiger partial charge in [0.2, 0.25) is 0 Å². The smallest absolute Gasteiger partial charge is 0.261 e. The molecule has 1 saturated heterocycles. The van der Waals surface area contributed by atoms with E-state index in [0.29, 0.717) is 23.1 Å². The van der Waals surface area contributed by atoms with Crippen molar-refractivity contribution in [2.24, 2.45) is 11.8 Å². The van der Waals surface area contributed by atoms with Crippen molar-refractivity contribution in [1.82, 2.24) is 4.90 Å². The highest BCUT2D eigenvalue weighted by atomic mass is 32.2. The minimum absolute atomic E-state index is 0.0381. The summed E-state index contributed by atoms with van der Waals surface area (Å²) in [5.41, 5.74) is 2.09. The molecule has 144 valence electrons. The lowest BCUT2D eigenvalue weighted by Crippen LogP contribution is -2.42. The second-order valence-electron chi connectivity index (χ2n) is 7.65. The summed E-state index contributed by atoms with van der Waals surface area (Å²) in [7, 11) is -3.69. The highest BCUT2D eigenvalue weighted by molar-refractivity contribution is 7.92. The van der Waals surface area contributed by atoms with Gasteiger partial charge in [-0.2, -0.15) is 0 Å². The average Bonchev–Trinajstić information content (AvgIpc) is 2.62. The van der Waals surface area contributed by atoms with Crippen molar-refractivity contribution >= 4 is 21.6 Å². The number of rotatable bonds is 4. The van der Waals surface area contributed by atoms with Gasteiger partial charge >= 0.3 is 0 Å². The third-order valence-electron chi connectivity index (χ3n) is 4.87. The number of anilines is 1. The molecule has 0 aromatic heterocycles. The third-order valence-corrected chi connectivity index (χ3v) is 6.27. The summed E-state index contributed by atoms with van der Waals surface area (Å²) >= 11 is 0. The van der Waals surface area contributed by atoms with Crippen LogP contribution in [0.4, 0.5) is 5.69 Å². The predicted octanol–water partition coefficient (Wildman–Crippen LogP) is 3.91. The topological polar surface area (TPSA) is 66.5 Å². The van der Waals surface area contributed by atoms with E-state index in [0.717, 1.165) is 25.1 Å². The van der Waals surface area contributed by atoms with Crippen LogP contribution >= 0.6 is 0 Å². The zero-order valence-corrected chi connectivity index (χ0v) is 16.8. The Kier molecular flexibility index (Phi) is 5.56. The number of benzene rings is 2. The molecule has 0 spiro atoms. The van der Waals surface area contributed by atoms with Crippen LogP contribution in [0, 0.1) is 18.8 Å². The standard InChI is InChI=1S/C21H26N2O3S/c1-15-4-8-19(9-5-15)22-27(25,26)20-10-6-18(7-11-20)21(24)23-13-16(2)12-17(3)14-23/h4-11,16-17,22H,12-14H2,1-3H3/t16-,17-/m0/s1. The lowest BCUT2D eigenvalue weighted by atomic mass is 9.91. The highest BCUT2D eigenvalue weighted by Crippen LogP contribution is 2.23. The maximum atomic E-state index is 12.7. The van der Waals surface area contributed by atoms with Gasteiger partial charge in [-0.3, -0.25) is 9.52 Å². The Balaban J connectivity index is 1.74. The molecule has 1 heterocycles.